The van der Waals surface area contributed by atoms with Crippen LogP contribution in [0.15, 0.2) is 48.5 Å². The van der Waals surface area contributed by atoms with Crippen LogP contribution in [0.2, 0.25) is 0 Å². The van der Waals surface area contributed by atoms with Crippen LogP contribution in [0, 0.1) is 5.92 Å². The molecule has 0 radical (unpaired) electrons. The van der Waals surface area contributed by atoms with Gasteiger partial charge in [-0.3, -0.25) is 19.2 Å². The monoisotopic (exact) mass is 508 g/mol. The number of aryl methyl sites for hydroxylation is 1. The number of amides is 2. The van der Waals surface area contributed by atoms with Crippen molar-refractivity contribution in [3.63, 3.8) is 0 Å². The third-order valence-corrected chi connectivity index (χ3v) is 7.26. The SMILES string of the molecule is COc1ccc(OC)c(C2SCC(=O)N(CC(=O)NCC(C)C)c3c2c(-c2ccccc2)nn3C)c1. The summed E-state index contributed by atoms with van der Waals surface area (Å²) in [6.07, 6.45) is 0. The van der Waals surface area contributed by atoms with Crippen molar-refractivity contribution >= 4 is 29.4 Å². The van der Waals surface area contributed by atoms with Crippen LogP contribution >= 0.6 is 11.8 Å². The molecule has 8 nitrogen and oxygen atoms in total. The van der Waals surface area contributed by atoms with E-state index in [0.29, 0.717) is 29.8 Å². The standard InChI is InChI=1S/C27H32N4O4S/c1-17(2)14-28-22(32)15-31-23(33)16-36-26(20-13-19(34-4)11-12-21(20)35-5)24-25(29-30(3)27(24)31)18-9-7-6-8-10-18/h6-13,17,26H,14-16H2,1-5H3,(H,28,32). The van der Waals surface area contributed by atoms with Gasteiger partial charge in [-0.15, -0.1) is 11.8 Å². The van der Waals surface area contributed by atoms with Crippen LogP contribution in [0.3, 0.4) is 0 Å². The molecule has 190 valence electrons. The molecule has 0 aliphatic carbocycles. The summed E-state index contributed by atoms with van der Waals surface area (Å²) >= 11 is 1.50. The summed E-state index contributed by atoms with van der Waals surface area (Å²) in [5, 5.41) is 7.50. The fourth-order valence-corrected chi connectivity index (χ4v) is 5.52. The highest BCUT2D eigenvalue weighted by atomic mass is 32.2. The maximum absolute atomic E-state index is 13.4. The minimum absolute atomic E-state index is 0.0746. The Hall–Kier alpha value is -3.46. The molecule has 0 spiro atoms. The number of aromatic nitrogens is 2. The van der Waals surface area contributed by atoms with Gasteiger partial charge in [-0.1, -0.05) is 44.2 Å². The van der Waals surface area contributed by atoms with E-state index in [9.17, 15) is 9.59 Å². The highest BCUT2D eigenvalue weighted by molar-refractivity contribution is 8.00. The first-order chi connectivity index (χ1) is 17.3. The number of hydrogen-bond acceptors (Lipinski definition) is 6. The van der Waals surface area contributed by atoms with Crippen LogP contribution in [-0.4, -0.2) is 54.7 Å². The van der Waals surface area contributed by atoms with Crippen LogP contribution in [0.4, 0.5) is 5.82 Å². The lowest BCUT2D eigenvalue weighted by molar-refractivity contribution is -0.123. The Labute approximate surface area is 216 Å². The lowest BCUT2D eigenvalue weighted by Crippen LogP contribution is -2.43. The molecule has 3 aromatic rings. The van der Waals surface area contributed by atoms with Gasteiger partial charge in [0.15, 0.2) is 0 Å². The van der Waals surface area contributed by atoms with Crippen molar-refractivity contribution in [1.29, 1.82) is 0 Å². The van der Waals surface area contributed by atoms with Crippen molar-refractivity contribution < 1.29 is 19.1 Å². The molecule has 1 unspecified atom stereocenters. The van der Waals surface area contributed by atoms with E-state index in [1.54, 1.807) is 23.8 Å². The van der Waals surface area contributed by atoms with Gasteiger partial charge in [0.05, 0.1) is 30.9 Å². The summed E-state index contributed by atoms with van der Waals surface area (Å²) in [5.74, 6) is 2.16. The Morgan fingerprint density at radius 1 is 1.17 bits per heavy atom. The number of hydrogen-bond donors (Lipinski definition) is 1. The van der Waals surface area contributed by atoms with Crippen LogP contribution in [0.5, 0.6) is 11.5 Å². The first kappa shape index (κ1) is 25.6. The van der Waals surface area contributed by atoms with Gasteiger partial charge in [0.25, 0.3) is 0 Å². The Bertz CT molecular complexity index is 1240. The molecule has 0 fully saturated rings. The molecule has 4 rings (SSSR count). The molecule has 9 heteroatoms. The predicted molar refractivity (Wildman–Crippen MR) is 143 cm³/mol. The molecule has 2 amide bonds. The molecular formula is C27H32N4O4S. The van der Waals surface area contributed by atoms with Crippen LogP contribution < -0.4 is 19.7 Å². The number of carbonyl (C=O) groups is 2. The minimum atomic E-state index is -0.276. The molecule has 0 saturated heterocycles. The van der Waals surface area contributed by atoms with Crippen LogP contribution in [0.25, 0.3) is 11.3 Å². The van der Waals surface area contributed by atoms with E-state index >= 15 is 0 Å². The summed E-state index contributed by atoms with van der Waals surface area (Å²) in [5.41, 5.74) is 3.44. The van der Waals surface area contributed by atoms with Gasteiger partial charge in [0.2, 0.25) is 11.8 Å². The molecule has 1 atom stereocenters. The topological polar surface area (TPSA) is 85.7 Å². The van der Waals surface area contributed by atoms with Crippen molar-refractivity contribution in [2.24, 2.45) is 13.0 Å². The zero-order valence-corrected chi connectivity index (χ0v) is 22.1. The molecule has 2 aromatic carbocycles. The number of thioether (sulfide) groups is 1. The zero-order valence-electron chi connectivity index (χ0n) is 21.3. The quantitative estimate of drug-likeness (QED) is 0.494. The van der Waals surface area contributed by atoms with Gasteiger partial charge >= 0.3 is 0 Å². The number of nitrogens with one attached hydrogen (secondary N) is 1. The summed E-state index contributed by atoms with van der Waals surface area (Å²) in [4.78, 5) is 27.8. The number of methoxy groups -OCH3 is 2. The number of nitrogens with zero attached hydrogens (tertiary/aromatic N) is 3. The maximum atomic E-state index is 13.4. The van der Waals surface area contributed by atoms with Gasteiger partial charge in [0, 0.05) is 30.3 Å². The molecule has 36 heavy (non-hydrogen) atoms. The average molecular weight is 509 g/mol. The first-order valence-electron chi connectivity index (χ1n) is 11.9. The van der Waals surface area contributed by atoms with Crippen molar-refractivity contribution in [3.05, 3.63) is 59.7 Å². The third-order valence-electron chi connectivity index (χ3n) is 6.02. The molecule has 1 N–H and O–H groups in total. The number of benzene rings is 2. The predicted octanol–water partition coefficient (Wildman–Crippen LogP) is 4.05. The van der Waals surface area contributed by atoms with Gasteiger partial charge in [0.1, 0.15) is 23.9 Å². The summed E-state index contributed by atoms with van der Waals surface area (Å²) in [6, 6.07) is 15.5. The van der Waals surface area contributed by atoms with E-state index in [4.69, 9.17) is 14.6 Å². The Balaban J connectivity index is 1.90. The second-order valence-corrected chi connectivity index (χ2v) is 10.1. The van der Waals surface area contributed by atoms with Gasteiger partial charge in [-0.05, 0) is 24.1 Å². The largest absolute Gasteiger partial charge is 0.497 e. The Morgan fingerprint density at radius 2 is 1.92 bits per heavy atom. The number of ether oxygens (including phenoxy) is 2. The molecular weight excluding hydrogens is 476 g/mol. The number of carbonyl (C=O) groups excluding carboxylic acids is 2. The van der Waals surface area contributed by atoms with E-state index < -0.39 is 0 Å². The molecule has 1 aliphatic rings. The molecule has 1 aromatic heterocycles. The van der Waals surface area contributed by atoms with E-state index in [1.165, 1.54) is 11.8 Å². The van der Waals surface area contributed by atoms with E-state index in [1.807, 2.05) is 69.4 Å². The fourth-order valence-electron chi connectivity index (χ4n) is 4.31. The Kier molecular flexibility index (Phi) is 7.88. The van der Waals surface area contributed by atoms with Crippen molar-refractivity contribution in [3.8, 4) is 22.8 Å². The molecule has 1 aliphatic heterocycles. The smallest absolute Gasteiger partial charge is 0.240 e. The number of fused-ring (bicyclic) bond motifs is 1. The molecule has 0 saturated carbocycles. The van der Waals surface area contributed by atoms with Gasteiger partial charge < -0.3 is 14.8 Å². The summed E-state index contributed by atoms with van der Waals surface area (Å²) in [6.45, 7) is 4.54. The van der Waals surface area contributed by atoms with Crippen LogP contribution in [0.1, 0.15) is 30.2 Å². The average Bonchev–Trinajstić information content (AvgIpc) is 3.15. The highest BCUT2D eigenvalue weighted by Gasteiger charge is 2.37. The normalized spacial score (nSPS) is 15.4. The van der Waals surface area contributed by atoms with Crippen molar-refractivity contribution in [2.75, 3.05) is 38.0 Å². The summed E-state index contributed by atoms with van der Waals surface area (Å²) < 4.78 is 12.9. The van der Waals surface area contributed by atoms with E-state index in [-0.39, 0.29) is 29.4 Å². The maximum Gasteiger partial charge on any atom is 0.240 e. The lowest BCUT2D eigenvalue weighted by atomic mass is 9.98. The number of anilines is 1. The summed E-state index contributed by atoms with van der Waals surface area (Å²) in [7, 11) is 5.07. The zero-order chi connectivity index (χ0) is 25.8. The number of rotatable bonds is 8. The highest BCUT2D eigenvalue weighted by Crippen LogP contribution is 2.50. The Morgan fingerprint density at radius 3 is 2.58 bits per heavy atom. The first-order valence-corrected chi connectivity index (χ1v) is 12.9. The molecule has 0 bridgehead atoms. The van der Waals surface area contributed by atoms with Crippen LogP contribution in [-0.2, 0) is 16.6 Å². The van der Waals surface area contributed by atoms with Gasteiger partial charge in [-0.25, -0.2) is 0 Å². The van der Waals surface area contributed by atoms with Crippen molar-refractivity contribution in [1.82, 2.24) is 15.1 Å². The second-order valence-electron chi connectivity index (χ2n) is 9.05. The minimum Gasteiger partial charge on any atom is -0.497 e. The second kappa shape index (κ2) is 11.1. The van der Waals surface area contributed by atoms with Crippen molar-refractivity contribution in [2.45, 2.75) is 19.1 Å². The third kappa shape index (κ3) is 5.21. The molecule has 2 heterocycles. The van der Waals surface area contributed by atoms with E-state index in [0.717, 1.165) is 22.4 Å². The van der Waals surface area contributed by atoms with Gasteiger partial charge in [-0.2, -0.15) is 5.10 Å². The van der Waals surface area contributed by atoms with E-state index in [2.05, 4.69) is 5.32 Å². The fraction of sp³-hybridized carbons (Fsp3) is 0.370. The lowest BCUT2D eigenvalue weighted by Gasteiger charge is -2.23.